The van der Waals surface area contributed by atoms with Gasteiger partial charge in [-0.15, -0.1) is 0 Å². The first-order chi connectivity index (χ1) is 18.6. The number of pyridine rings is 1. The van der Waals surface area contributed by atoms with E-state index in [0.717, 1.165) is 23.2 Å². The fraction of sp³-hybridized carbons (Fsp3) is 0.222. The monoisotopic (exact) mass is 569 g/mol. The summed E-state index contributed by atoms with van der Waals surface area (Å²) in [5.74, 6) is -2.02. The fourth-order valence-electron chi connectivity index (χ4n) is 4.14. The minimum absolute atomic E-state index is 0.0100. The van der Waals surface area contributed by atoms with Crippen LogP contribution in [0.25, 0.3) is 16.6 Å². The zero-order valence-corrected chi connectivity index (χ0v) is 22.6. The first-order valence-corrected chi connectivity index (χ1v) is 12.8. The number of hydrogen-bond donors (Lipinski definition) is 3. The maximum absolute atomic E-state index is 13.4. The molecule has 1 atom stereocenters. The fourth-order valence-corrected chi connectivity index (χ4v) is 4.68. The van der Waals surface area contributed by atoms with Gasteiger partial charge in [-0.1, -0.05) is 42.3 Å². The van der Waals surface area contributed by atoms with E-state index in [4.69, 9.17) is 23.2 Å². The summed E-state index contributed by atoms with van der Waals surface area (Å²) in [7, 11) is 1.59. The second kappa shape index (κ2) is 11.7. The van der Waals surface area contributed by atoms with Crippen LogP contribution in [0.4, 0.5) is 5.69 Å². The minimum Gasteiger partial charge on any atom is -0.480 e. The van der Waals surface area contributed by atoms with Crippen LogP contribution in [-0.2, 0) is 18.3 Å². The van der Waals surface area contributed by atoms with Crippen LogP contribution in [0.1, 0.15) is 29.3 Å². The van der Waals surface area contributed by atoms with Crippen LogP contribution in [0.5, 0.6) is 0 Å². The molecule has 0 saturated heterocycles. The van der Waals surface area contributed by atoms with Crippen LogP contribution in [0.15, 0.2) is 64.4 Å². The van der Waals surface area contributed by atoms with Crippen LogP contribution in [0.3, 0.4) is 0 Å². The molecule has 1 amide bonds. The van der Waals surface area contributed by atoms with Gasteiger partial charge in [0.15, 0.2) is 0 Å². The minimum atomic E-state index is -1.30. The number of carboxylic acids is 1. The summed E-state index contributed by atoms with van der Waals surface area (Å²) in [6, 6.07) is 10.3. The summed E-state index contributed by atoms with van der Waals surface area (Å²) in [6.45, 7) is 2.78. The van der Waals surface area contributed by atoms with Crippen molar-refractivity contribution < 1.29 is 14.7 Å². The number of fused-ring (bicyclic) bond motifs is 1. The number of carboxylic acid groups (broad SMARTS) is 1. The zero-order chi connectivity index (χ0) is 28.3. The van der Waals surface area contributed by atoms with Crippen molar-refractivity contribution in [1.82, 2.24) is 19.4 Å². The van der Waals surface area contributed by atoms with Gasteiger partial charge in [0, 0.05) is 38.1 Å². The topological polar surface area (TPSA) is 135 Å². The van der Waals surface area contributed by atoms with Gasteiger partial charge >= 0.3 is 11.7 Å². The molecule has 202 valence electrons. The van der Waals surface area contributed by atoms with E-state index >= 15 is 0 Å². The summed E-state index contributed by atoms with van der Waals surface area (Å²) in [4.78, 5) is 54.8. The molecule has 0 unspecified atom stereocenters. The highest BCUT2D eigenvalue weighted by molar-refractivity contribution is 6.39. The van der Waals surface area contributed by atoms with Gasteiger partial charge in [0.1, 0.15) is 6.04 Å². The van der Waals surface area contributed by atoms with Crippen LogP contribution < -0.4 is 21.9 Å². The molecular weight excluding hydrogens is 545 g/mol. The molecule has 39 heavy (non-hydrogen) atoms. The van der Waals surface area contributed by atoms with E-state index in [0.29, 0.717) is 22.2 Å². The Morgan fingerprint density at radius 2 is 1.72 bits per heavy atom. The van der Waals surface area contributed by atoms with Gasteiger partial charge in [0.05, 0.1) is 32.2 Å². The lowest BCUT2D eigenvalue weighted by Crippen LogP contribution is -2.42. The normalized spacial score (nSPS) is 11.8. The van der Waals surface area contributed by atoms with E-state index < -0.39 is 29.2 Å². The number of rotatable bonds is 9. The van der Waals surface area contributed by atoms with Gasteiger partial charge in [-0.05, 0) is 42.3 Å². The average Bonchev–Trinajstić information content (AvgIpc) is 2.91. The van der Waals surface area contributed by atoms with Gasteiger partial charge in [0.2, 0.25) is 0 Å². The van der Waals surface area contributed by atoms with Gasteiger partial charge in [-0.25, -0.2) is 14.2 Å². The molecule has 0 spiro atoms. The molecule has 0 bridgehead atoms. The third-order valence-electron chi connectivity index (χ3n) is 6.17. The molecule has 0 aliphatic carbocycles. The van der Waals surface area contributed by atoms with Gasteiger partial charge in [-0.3, -0.25) is 19.1 Å². The summed E-state index contributed by atoms with van der Waals surface area (Å²) in [5.41, 5.74) is 1.10. The number of aromatic nitrogens is 3. The highest BCUT2D eigenvalue weighted by Gasteiger charge is 2.24. The number of halogens is 2. The number of nitrogens with zero attached hydrogens (tertiary/aromatic N) is 3. The molecular formula is C27H25Cl2N5O5. The molecule has 4 aromatic rings. The molecule has 10 nitrogen and oxygen atoms in total. The summed E-state index contributed by atoms with van der Waals surface area (Å²) in [6.07, 6.45) is 3.31. The number of anilines is 1. The molecule has 12 heteroatoms. The Morgan fingerprint density at radius 3 is 2.33 bits per heavy atom. The number of carbonyl (C=O) groups excluding carboxylic acids is 1. The predicted molar refractivity (Wildman–Crippen MR) is 150 cm³/mol. The first kappa shape index (κ1) is 27.9. The van der Waals surface area contributed by atoms with E-state index in [1.807, 2.05) is 13.0 Å². The number of hydrogen-bond acceptors (Lipinski definition) is 6. The van der Waals surface area contributed by atoms with Crippen molar-refractivity contribution in [2.45, 2.75) is 25.8 Å². The lowest BCUT2D eigenvalue weighted by Gasteiger charge is -2.16. The highest BCUT2D eigenvalue weighted by Crippen LogP contribution is 2.23. The van der Waals surface area contributed by atoms with Crippen LogP contribution in [-0.4, -0.2) is 43.7 Å². The van der Waals surface area contributed by atoms with Crippen LogP contribution in [0.2, 0.25) is 10.0 Å². The van der Waals surface area contributed by atoms with Crippen molar-refractivity contribution in [3.8, 4) is 5.69 Å². The standard InChI is InChI=1S/C27H25Cl2N5O5/c1-3-10-31-16-6-9-22-18(12-16)25(36)34(27(39)33(22)2)17-7-4-15(5-8-17)11-21(26(37)38)32-24(35)23-19(28)13-30-14-20(23)29/h4-9,12-14,21,31H,3,10-11H2,1-2H3,(H,32,35)(H,37,38)/t21-/m0/s1. The van der Waals surface area contributed by atoms with Crippen molar-refractivity contribution in [2.75, 3.05) is 11.9 Å². The number of nitrogens with one attached hydrogen (secondary N) is 2. The molecule has 0 saturated carbocycles. The average molecular weight is 570 g/mol. The summed E-state index contributed by atoms with van der Waals surface area (Å²) < 4.78 is 2.47. The second-order valence-corrected chi connectivity index (χ2v) is 9.67. The van der Waals surface area contributed by atoms with E-state index in [9.17, 15) is 24.3 Å². The number of aliphatic carboxylic acids is 1. The van der Waals surface area contributed by atoms with Gasteiger partial charge < -0.3 is 15.7 Å². The highest BCUT2D eigenvalue weighted by atomic mass is 35.5. The van der Waals surface area contributed by atoms with Crippen LogP contribution in [0, 0.1) is 0 Å². The Hall–Kier alpha value is -4.15. The van der Waals surface area contributed by atoms with Gasteiger partial charge in [-0.2, -0.15) is 0 Å². The maximum atomic E-state index is 13.4. The molecule has 3 N–H and O–H groups in total. The van der Waals surface area contributed by atoms with E-state index in [2.05, 4.69) is 15.6 Å². The molecule has 0 aliphatic heterocycles. The largest absolute Gasteiger partial charge is 0.480 e. The Bertz CT molecular complexity index is 1660. The van der Waals surface area contributed by atoms with E-state index in [1.165, 1.54) is 17.0 Å². The van der Waals surface area contributed by atoms with E-state index in [-0.39, 0.29) is 22.0 Å². The van der Waals surface area contributed by atoms with Crippen molar-refractivity contribution >= 4 is 51.7 Å². The molecule has 0 aliphatic rings. The van der Waals surface area contributed by atoms with Crippen molar-refractivity contribution in [1.29, 1.82) is 0 Å². The number of carbonyl (C=O) groups is 2. The number of amides is 1. The number of benzene rings is 2. The van der Waals surface area contributed by atoms with Crippen LogP contribution >= 0.6 is 23.2 Å². The molecule has 2 aromatic heterocycles. The van der Waals surface area contributed by atoms with Crippen molar-refractivity contribution in [2.24, 2.45) is 7.05 Å². The molecule has 2 aromatic carbocycles. The Kier molecular flexibility index (Phi) is 8.37. The lowest BCUT2D eigenvalue weighted by atomic mass is 10.0. The number of aryl methyl sites for hydroxylation is 1. The molecule has 2 heterocycles. The Labute approximate surface area is 232 Å². The smallest absolute Gasteiger partial charge is 0.335 e. The summed E-state index contributed by atoms with van der Waals surface area (Å²) in [5, 5.41) is 15.7. The first-order valence-electron chi connectivity index (χ1n) is 12.0. The molecule has 0 fully saturated rings. The Balaban J connectivity index is 1.62. The zero-order valence-electron chi connectivity index (χ0n) is 21.1. The third kappa shape index (κ3) is 5.81. The Morgan fingerprint density at radius 1 is 1.05 bits per heavy atom. The van der Waals surface area contributed by atoms with Gasteiger partial charge in [0.25, 0.3) is 11.5 Å². The summed E-state index contributed by atoms with van der Waals surface area (Å²) >= 11 is 12.0. The van der Waals surface area contributed by atoms with E-state index in [1.54, 1.807) is 43.4 Å². The van der Waals surface area contributed by atoms with Crippen molar-refractivity contribution in [3.05, 3.63) is 96.9 Å². The SMILES string of the molecule is CCCNc1ccc2c(c1)c(=O)n(-c1ccc(C[C@H](NC(=O)c3c(Cl)cncc3Cl)C(=O)O)cc1)c(=O)n2C. The predicted octanol–water partition coefficient (Wildman–Crippen LogP) is 3.64. The quantitative estimate of drug-likeness (QED) is 0.280. The lowest BCUT2D eigenvalue weighted by molar-refractivity contribution is -0.139. The molecule has 4 rings (SSSR count). The second-order valence-electron chi connectivity index (χ2n) is 8.85. The molecule has 0 radical (unpaired) electrons. The third-order valence-corrected chi connectivity index (χ3v) is 6.74. The maximum Gasteiger partial charge on any atom is 0.335 e. The van der Waals surface area contributed by atoms with Crippen molar-refractivity contribution in [3.63, 3.8) is 0 Å².